The first-order chi connectivity index (χ1) is 15.7. The molecule has 0 unspecified atom stereocenters. The highest BCUT2D eigenvalue weighted by Crippen LogP contribution is 2.32. The van der Waals surface area contributed by atoms with Gasteiger partial charge in [0.1, 0.15) is 4.88 Å². The molecule has 1 aliphatic rings. The molecule has 1 saturated heterocycles. The number of carbonyl (C=O) groups is 1. The number of thiazole rings is 1. The van der Waals surface area contributed by atoms with Gasteiger partial charge in [-0.2, -0.15) is 5.26 Å². The van der Waals surface area contributed by atoms with Gasteiger partial charge in [0.15, 0.2) is 5.13 Å². The molecule has 8 heteroatoms. The Bertz CT molecular complexity index is 1100. The van der Waals surface area contributed by atoms with Gasteiger partial charge in [-0.15, -0.1) is 0 Å². The molecule has 2 heterocycles. The van der Waals surface area contributed by atoms with Crippen LogP contribution in [0.3, 0.4) is 0 Å². The molecule has 1 aliphatic heterocycles. The number of piperazine rings is 1. The van der Waals surface area contributed by atoms with Crippen molar-refractivity contribution in [2.75, 3.05) is 56.7 Å². The minimum atomic E-state index is 0.00608. The van der Waals surface area contributed by atoms with Crippen molar-refractivity contribution in [2.45, 2.75) is 0 Å². The summed E-state index contributed by atoms with van der Waals surface area (Å²) in [5, 5.41) is 13.1. The summed E-state index contributed by atoms with van der Waals surface area (Å²) in [5.74, 6) is 0.00608. The second-order valence-electron chi connectivity index (χ2n) is 7.42. The maximum absolute atomic E-state index is 13.5. The van der Waals surface area contributed by atoms with Gasteiger partial charge in [0, 0.05) is 51.1 Å². The van der Waals surface area contributed by atoms with Gasteiger partial charge < -0.3 is 19.9 Å². The lowest BCUT2D eigenvalue weighted by molar-refractivity contribution is 0.0752. The highest BCUT2D eigenvalue weighted by Gasteiger charge is 2.27. The Morgan fingerprint density at radius 3 is 2.66 bits per heavy atom. The van der Waals surface area contributed by atoms with E-state index in [9.17, 15) is 4.79 Å². The van der Waals surface area contributed by atoms with E-state index in [-0.39, 0.29) is 5.91 Å². The molecule has 0 saturated carbocycles. The predicted molar refractivity (Wildman–Crippen MR) is 127 cm³/mol. The molecule has 0 aliphatic carbocycles. The molecule has 0 bridgehead atoms. The number of nitrogens with one attached hydrogen (secondary N) is 1. The van der Waals surface area contributed by atoms with E-state index in [1.54, 1.807) is 13.2 Å². The molecule has 3 aromatic rings. The molecule has 4 rings (SSSR count). The lowest BCUT2D eigenvalue weighted by atomic mass is 10.1. The number of amides is 1. The normalized spacial score (nSPS) is 13.6. The number of nitrogens with zero attached hydrogens (tertiary/aromatic N) is 4. The van der Waals surface area contributed by atoms with Gasteiger partial charge in [-0.25, -0.2) is 4.98 Å². The van der Waals surface area contributed by atoms with Crippen molar-refractivity contribution >= 4 is 28.1 Å². The van der Waals surface area contributed by atoms with Crippen LogP contribution in [0.1, 0.15) is 15.2 Å². The van der Waals surface area contributed by atoms with Crippen molar-refractivity contribution in [3.63, 3.8) is 0 Å². The number of hydrogen-bond acceptors (Lipinski definition) is 7. The predicted octanol–water partition coefficient (Wildman–Crippen LogP) is 3.70. The van der Waals surface area contributed by atoms with Gasteiger partial charge in [0.05, 0.1) is 23.9 Å². The Kier molecular flexibility index (Phi) is 7.00. The average Bonchev–Trinajstić information content (AvgIpc) is 3.28. The second kappa shape index (κ2) is 10.3. The summed E-state index contributed by atoms with van der Waals surface area (Å²) < 4.78 is 5.11. The van der Waals surface area contributed by atoms with Crippen molar-refractivity contribution < 1.29 is 9.53 Å². The van der Waals surface area contributed by atoms with Crippen LogP contribution >= 0.6 is 11.3 Å². The smallest absolute Gasteiger partial charge is 0.266 e. The fraction of sp³-hybridized carbons (Fsp3) is 0.292. The Balaban J connectivity index is 1.50. The number of hydrogen-bond donors (Lipinski definition) is 1. The van der Waals surface area contributed by atoms with E-state index in [0.29, 0.717) is 42.4 Å². The Labute approximate surface area is 191 Å². The molecule has 1 N–H and O–H groups in total. The van der Waals surface area contributed by atoms with Gasteiger partial charge in [0.25, 0.3) is 5.91 Å². The van der Waals surface area contributed by atoms with Gasteiger partial charge >= 0.3 is 0 Å². The Hall–Kier alpha value is -3.41. The Morgan fingerprint density at radius 2 is 1.94 bits per heavy atom. The van der Waals surface area contributed by atoms with Gasteiger partial charge in [-0.3, -0.25) is 4.79 Å². The fourth-order valence-corrected chi connectivity index (χ4v) is 4.66. The van der Waals surface area contributed by atoms with Gasteiger partial charge in [-0.05, 0) is 18.2 Å². The third kappa shape index (κ3) is 4.90. The topological polar surface area (TPSA) is 81.5 Å². The van der Waals surface area contributed by atoms with Crippen LogP contribution in [0.5, 0.6) is 0 Å². The van der Waals surface area contributed by atoms with Crippen LogP contribution in [0.15, 0.2) is 54.6 Å². The van der Waals surface area contributed by atoms with E-state index in [2.05, 4.69) is 16.3 Å². The summed E-state index contributed by atoms with van der Waals surface area (Å²) in [5.41, 5.74) is 3.30. The standard InChI is InChI=1S/C24H25N5O2S/c1-31-15-10-26-24-27-21(19-7-3-2-4-8-19)22(32-24)23(30)29-13-11-28(12-14-29)20-9-5-6-18(16-20)17-25/h2-9,16H,10-15H2,1H3,(H,26,27). The van der Waals surface area contributed by atoms with E-state index in [1.165, 1.54) is 11.3 Å². The molecule has 2 aromatic carbocycles. The van der Waals surface area contributed by atoms with Crippen LogP contribution in [0.25, 0.3) is 11.3 Å². The second-order valence-corrected chi connectivity index (χ2v) is 8.42. The summed E-state index contributed by atoms with van der Waals surface area (Å²) in [6, 6.07) is 19.6. The first kappa shape index (κ1) is 21.8. The zero-order valence-corrected chi connectivity index (χ0v) is 18.8. The van der Waals surface area contributed by atoms with Crippen LogP contribution in [0.4, 0.5) is 10.8 Å². The van der Waals surface area contributed by atoms with Crippen LogP contribution in [0.2, 0.25) is 0 Å². The Morgan fingerprint density at radius 1 is 1.16 bits per heavy atom. The molecule has 32 heavy (non-hydrogen) atoms. The van der Waals surface area contributed by atoms with Crippen LogP contribution < -0.4 is 10.2 Å². The number of anilines is 2. The van der Waals surface area contributed by atoms with Crippen LogP contribution in [-0.2, 0) is 4.74 Å². The minimum Gasteiger partial charge on any atom is -0.383 e. The van der Waals surface area contributed by atoms with Crippen molar-refractivity contribution in [1.29, 1.82) is 5.26 Å². The fourth-order valence-electron chi connectivity index (χ4n) is 3.68. The van der Waals surface area contributed by atoms with Crippen molar-refractivity contribution in [2.24, 2.45) is 0 Å². The molecule has 1 amide bonds. The quantitative estimate of drug-likeness (QED) is 0.556. The maximum Gasteiger partial charge on any atom is 0.266 e. The third-order valence-corrected chi connectivity index (χ3v) is 6.36. The monoisotopic (exact) mass is 447 g/mol. The number of benzene rings is 2. The summed E-state index contributed by atoms with van der Waals surface area (Å²) in [6.45, 7) is 3.88. The van der Waals surface area contributed by atoms with Crippen molar-refractivity contribution in [3.8, 4) is 17.3 Å². The number of rotatable bonds is 7. The highest BCUT2D eigenvalue weighted by molar-refractivity contribution is 7.18. The van der Waals surface area contributed by atoms with E-state index in [0.717, 1.165) is 29.5 Å². The molecule has 0 atom stereocenters. The maximum atomic E-state index is 13.5. The van der Waals surface area contributed by atoms with E-state index in [1.807, 2.05) is 53.4 Å². The van der Waals surface area contributed by atoms with Crippen molar-refractivity contribution in [1.82, 2.24) is 9.88 Å². The number of methoxy groups -OCH3 is 1. The molecule has 0 spiro atoms. The first-order valence-electron chi connectivity index (χ1n) is 10.5. The number of aromatic nitrogens is 1. The zero-order valence-electron chi connectivity index (χ0n) is 18.0. The highest BCUT2D eigenvalue weighted by atomic mass is 32.1. The van der Waals surface area contributed by atoms with E-state index < -0.39 is 0 Å². The minimum absolute atomic E-state index is 0.00608. The zero-order chi connectivity index (χ0) is 22.3. The summed E-state index contributed by atoms with van der Waals surface area (Å²) in [6.07, 6.45) is 0. The summed E-state index contributed by atoms with van der Waals surface area (Å²) in [7, 11) is 1.66. The van der Waals surface area contributed by atoms with Crippen LogP contribution in [0, 0.1) is 11.3 Å². The largest absolute Gasteiger partial charge is 0.383 e. The molecule has 164 valence electrons. The van der Waals surface area contributed by atoms with Gasteiger partial charge in [-0.1, -0.05) is 47.7 Å². The molecule has 0 radical (unpaired) electrons. The molecule has 1 fully saturated rings. The van der Waals surface area contributed by atoms with Crippen LogP contribution in [-0.4, -0.2) is 62.2 Å². The molecule has 7 nitrogen and oxygen atoms in total. The third-order valence-electron chi connectivity index (χ3n) is 5.36. The average molecular weight is 448 g/mol. The van der Waals surface area contributed by atoms with Crippen molar-refractivity contribution in [3.05, 3.63) is 65.0 Å². The summed E-state index contributed by atoms with van der Waals surface area (Å²) in [4.78, 5) is 22.9. The van der Waals surface area contributed by atoms with E-state index >= 15 is 0 Å². The van der Waals surface area contributed by atoms with Gasteiger partial charge in [0.2, 0.25) is 0 Å². The molecular weight excluding hydrogens is 422 g/mol. The number of carbonyl (C=O) groups excluding carboxylic acids is 1. The number of nitriles is 1. The first-order valence-corrected chi connectivity index (χ1v) is 11.3. The lowest BCUT2D eigenvalue weighted by Gasteiger charge is -2.36. The lowest BCUT2D eigenvalue weighted by Crippen LogP contribution is -2.48. The van der Waals surface area contributed by atoms with E-state index in [4.69, 9.17) is 15.0 Å². The molecule has 1 aromatic heterocycles. The molecular formula is C24H25N5O2S. The SMILES string of the molecule is COCCNc1nc(-c2ccccc2)c(C(=O)N2CCN(c3cccc(C#N)c3)CC2)s1. The number of ether oxygens (including phenoxy) is 1. The summed E-state index contributed by atoms with van der Waals surface area (Å²) >= 11 is 1.39.